The summed E-state index contributed by atoms with van der Waals surface area (Å²) < 4.78 is 5.82. The highest BCUT2D eigenvalue weighted by Gasteiger charge is 2.02. The average molecular weight is 289 g/mol. The largest absolute Gasteiger partial charge is 0.487 e. The van der Waals surface area contributed by atoms with E-state index in [-0.39, 0.29) is 0 Å². The van der Waals surface area contributed by atoms with Crippen LogP contribution in [-0.4, -0.2) is 4.98 Å². The van der Waals surface area contributed by atoms with E-state index in [4.69, 9.17) is 4.74 Å². The van der Waals surface area contributed by atoms with E-state index in [2.05, 4.69) is 55.2 Å². The van der Waals surface area contributed by atoms with Crippen molar-refractivity contribution in [2.45, 2.75) is 20.5 Å². The molecule has 3 rings (SSSR count). The summed E-state index contributed by atoms with van der Waals surface area (Å²) in [6.45, 7) is 4.75. The molecular formula is C20H19NO. The van der Waals surface area contributed by atoms with E-state index in [1.807, 2.05) is 24.3 Å². The first kappa shape index (κ1) is 14.3. The molecule has 2 heteroatoms. The van der Waals surface area contributed by atoms with Crippen molar-refractivity contribution < 1.29 is 4.74 Å². The number of aromatic nitrogens is 1. The van der Waals surface area contributed by atoms with Crippen molar-refractivity contribution in [2.24, 2.45) is 0 Å². The number of hydrogen-bond acceptors (Lipinski definition) is 2. The lowest BCUT2D eigenvalue weighted by Gasteiger charge is -2.09. The highest BCUT2D eigenvalue weighted by Crippen LogP contribution is 2.20. The van der Waals surface area contributed by atoms with E-state index in [1.54, 1.807) is 6.20 Å². The van der Waals surface area contributed by atoms with Crippen LogP contribution in [0.4, 0.5) is 0 Å². The van der Waals surface area contributed by atoms with Gasteiger partial charge in [-0.05, 0) is 37.1 Å². The molecule has 0 aliphatic carbocycles. The van der Waals surface area contributed by atoms with Crippen molar-refractivity contribution in [3.05, 3.63) is 83.6 Å². The molecule has 0 bridgehead atoms. The van der Waals surface area contributed by atoms with Crippen molar-refractivity contribution in [1.29, 1.82) is 0 Å². The second-order valence-electron chi connectivity index (χ2n) is 5.46. The normalized spacial score (nSPS) is 10.5. The van der Waals surface area contributed by atoms with Crippen molar-refractivity contribution in [1.82, 2.24) is 4.98 Å². The van der Waals surface area contributed by atoms with Crippen LogP contribution < -0.4 is 4.74 Å². The zero-order chi connectivity index (χ0) is 15.4. The summed E-state index contributed by atoms with van der Waals surface area (Å²) in [4.78, 5) is 4.49. The zero-order valence-electron chi connectivity index (χ0n) is 12.9. The summed E-state index contributed by atoms with van der Waals surface area (Å²) in [6.07, 6.45) is 1.79. The Hall–Kier alpha value is -2.61. The summed E-state index contributed by atoms with van der Waals surface area (Å²) in [5, 5.41) is 0. The van der Waals surface area contributed by atoms with E-state index in [0.29, 0.717) is 6.61 Å². The quantitative estimate of drug-likeness (QED) is 0.678. The maximum absolute atomic E-state index is 5.82. The Morgan fingerprint density at radius 1 is 0.864 bits per heavy atom. The maximum Gasteiger partial charge on any atom is 0.138 e. The van der Waals surface area contributed by atoms with Gasteiger partial charge in [-0.2, -0.15) is 0 Å². The van der Waals surface area contributed by atoms with E-state index in [9.17, 15) is 0 Å². The first-order valence-corrected chi connectivity index (χ1v) is 7.43. The molecule has 0 unspecified atom stereocenters. The van der Waals surface area contributed by atoms with Crippen LogP contribution in [0.25, 0.3) is 11.3 Å². The molecule has 0 N–H and O–H groups in total. The van der Waals surface area contributed by atoms with Gasteiger partial charge in [-0.25, -0.2) is 0 Å². The van der Waals surface area contributed by atoms with Gasteiger partial charge in [0.2, 0.25) is 0 Å². The topological polar surface area (TPSA) is 22.1 Å². The smallest absolute Gasteiger partial charge is 0.138 e. The Morgan fingerprint density at radius 3 is 2.32 bits per heavy atom. The van der Waals surface area contributed by atoms with Gasteiger partial charge in [0.1, 0.15) is 12.4 Å². The van der Waals surface area contributed by atoms with Crippen LogP contribution in [0.15, 0.2) is 66.9 Å². The van der Waals surface area contributed by atoms with E-state index in [0.717, 1.165) is 17.0 Å². The summed E-state index contributed by atoms with van der Waals surface area (Å²) in [5.41, 5.74) is 5.78. The van der Waals surface area contributed by atoms with Crippen LogP contribution >= 0.6 is 0 Å². The van der Waals surface area contributed by atoms with Crippen LogP contribution in [0.3, 0.4) is 0 Å². The molecule has 0 aliphatic heterocycles. The molecule has 0 saturated heterocycles. The van der Waals surface area contributed by atoms with Gasteiger partial charge < -0.3 is 4.74 Å². The number of rotatable bonds is 4. The van der Waals surface area contributed by atoms with E-state index < -0.39 is 0 Å². The molecule has 3 aromatic rings. The lowest BCUT2D eigenvalue weighted by Crippen LogP contribution is -1.98. The molecule has 0 radical (unpaired) electrons. The fourth-order valence-corrected chi connectivity index (χ4v) is 2.29. The summed E-state index contributed by atoms with van der Waals surface area (Å²) in [5.74, 6) is 0.791. The molecule has 2 nitrogen and oxygen atoms in total. The Balaban J connectivity index is 1.69. The minimum absolute atomic E-state index is 0.568. The molecule has 1 aromatic heterocycles. The molecule has 0 atom stereocenters. The average Bonchev–Trinajstić information content (AvgIpc) is 2.55. The Bertz CT molecular complexity index is 745. The van der Waals surface area contributed by atoms with Gasteiger partial charge in [-0.15, -0.1) is 0 Å². The van der Waals surface area contributed by atoms with Gasteiger partial charge in [0.05, 0.1) is 11.9 Å². The van der Waals surface area contributed by atoms with Gasteiger partial charge in [0.25, 0.3) is 0 Å². The zero-order valence-corrected chi connectivity index (χ0v) is 12.9. The van der Waals surface area contributed by atoms with Crippen LogP contribution in [0.5, 0.6) is 5.75 Å². The van der Waals surface area contributed by atoms with Crippen molar-refractivity contribution in [3.8, 4) is 17.0 Å². The molecule has 0 saturated carbocycles. The third-order valence-corrected chi connectivity index (χ3v) is 3.74. The number of pyridine rings is 1. The second kappa shape index (κ2) is 6.44. The lowest BCUT2D eigenvalue weighted by molar-refractivity contribution is 0.304. The third-order valence-electron chi connectivity index (χ3n) is 3.74. The van der Waals surface area contributed by atoms with Gasteiger partial charge in [0, 0.05) is 5.56 Å². The van der Waals surface area contributed by atoms with Crippen LogP contribution in [-0.2, 0) is 6.61 Å². The first-order chi connectivity index (χ1) is 10.7. The van der Waals surface area contributed by atoms with Crippen molar-refractivity contribution in [2.75, 3.05) is 0 Å². The highest BCUT2D eigenvalue weighted by atomic mass is 16.5. The number of ether oxygens (including phenoxy) is 1. The minimum atomic E-state index is 0.568. The Morgan fingerprint density at radius 2 is 1.64 bits per heavy atom. The molecule has 2 aromatic carbocycles. The number of aryl methyl sites for hydroxylation is 2. The molecular weight excluding hydrogens is 270 g/mol. The van der Waals surface area contributed by atoms with Gasteiger partial charge in [-0.3, -0.25) is 4.98 Å². The monoisotopic (exact) mass is 289 g/mol. The highest BCUT2D eigenvalue weighted by molar-refractivity contribution is 5.59. The van der Waals surface area contributed by atoms with Crippen molar-refractivity contribution >= 4 is 0 Å². The second-order valence-corrected chi connectivity index (χ2v) is 5.46. The molecule has 110 valence electrons. The van der Waals surface area contributed by atoms with Gasteiger partial charge in [-0.1, -0.05) is 54.1 Å². The summed E-state index contributed by atoms with van der Waals surface area (Å²) in [6, 6.07) is 20.6. The predicted octanol–water partition coefficient (Wildman–Crippen LogP) is 4.94. The summed E-state index contributed by atoms with van der Waals surface area (Å²) >= 11 is 0. The fraction of sp³-hybridized carbons (Fsp3) is 0.150. The van der Waals surface area contributed by atoms with Crippen molar-refractivity contribution in [3.63, 3.8) is 0 Å². The van der Waals surface area contributed by atoms with Crippen LogP contribution in [0, 0.1) is 13.8 Å². The van der Waals surface area contributed by atoms with Gasteiger partial charge in [0.15, 0.2) is 0 Å². The molecule has 0 spiro atoms. The Kier molecular flexibility index (Phi) is 4.19. The SMILES string of the molecule is Cc1ccc(-c2ccc(OCc3ccccc3C)cn2)cc1. The number of benzene rings is 2. The lowest BCUT2D eigenvalue weighted by atomic mass is 10.1. The minimum Gasteiger partial charge on any atom is -0.487 e. The molecule has 1 heterocycles. The van der Waals surface area contributed by atoms with Crippen LogP contribution in [0.2, 0.25) is 0 Å². The van der Waals surface area contributed by atoms with Gasteiger partial charge >= 0.3 is 0 Å². The fourth-order valence-electron chi connectivity index (χ4n) is 2.29. The van der Waals surface area contributed by atoms with Crippen LogP contribution in [0.1, 0.15) is 16.7 Å². The maximum atomic E-state index is 5.82. The molecule has 0 fully saturated rings. The third kappa shape index (κ3) is 3.34. The Labute approximate surface area is 131 Å². The molecule has 22 heavy (non-hydrogen) atoms. The number of hydrogen-bond donors (Lipinski definition) is 0. The molecule has 0 amide bonds. The standard InChI is InChI=1S/C20H19NO/c1-15-7-9-17(10-8-15)20-12-11-19(13-21-20)22-14-18-6-4-3-5-16(18)2/h3-13H,14H2,1-2H3. The molecule has 0 aliphatic rings. The first-order valence-electron chi connectivity index (χ1n) is 7.43. The van der Waals surface area contributed by atoms with E-state index >= 15 is 0 Å². The predicted molar refractivity (Wildman–Crippen MR) is 89.9 cm³/mol. The summed E-state index contributed by atoms with van der Waals surface area (Å²) in [7, 11) is 0. The van der Waals surface area contributed by atoms with E-state index in [1.165, 1.54) is 16.7 Å². The number of nitrogens with zero attached hydrogens (tertiary/aromatic N) is 1.